The zero-order valence-corrected chi connectivity index (χ0v) is 33.3. The van der Waals surface area contributed by atoms with Crippen molar-refractivity contribution in [2.75, 3.05) is 10.6 Å². The summed E-state index contributed by atoms with van der Waals surface area (Å²) in [6.07, 6.45) is 7.45. The molecule has 0 saturated heterocycles. The minimum atomic E-state index is -0.334. The SMILES string of the molecule is CCCc1c2[nH]c(c1C)-c1[nH]c(c(CCC)c1C)C=Nc1ccccc1NC(=O)c1sc(c(-c3ccccc3)c1-c1ccccc1)C(=O)Nc1ccccc1N=C2. The number of H-pyrrole nitrogens is 2. The van der Waals surface area contributed by atoms with E-state index in [2.05, 4.69) is 48.3 Å². The van der Waals surface area contributed by atoms with Gasteiger partial charge in [0, 0.05) is 11.1 Å². The van der Waals surface area contributed by atoms with Gasteiger partial charge in [0.15, 0.2) is 0 Å². The number of anilines is 2. The molecule has 3 aromatic heterocycles. The highest BCUT2D eigenvalue weighted by molar-refractivity contribution is 7.17. The van der Waals surface area contributed by atoms with E-state index in [1.165, 1.54) is 33.6 Å². The Morgan fingerprint density at radius 1 is 0.526 bits per heavy atom. The standard InChI is InChI=1S/C48H44N6O2S/c1-5-17-33-29(3)43-44-30(4)34(18-6-2)40(52-44)28-50-36-24-14-16-26-38(36)54-48(56)46-42(32-21-11-8-12-22-32)41(31-19-9-7-10-20-31)45(57-46)47(55)53-37-25-15-13-23-35(37)49-27-39(33)51-43/h7-16,19-28,51-52H,5-6,17-18H2,1-4H3,(H,53,55)(H,54,56). The van der Waals surface area contributed by atoms with E-state index in [0.29, 0.717) is 43.6 Å². The Morgan fingerprint density at radius 3 is 1.32 bits per heavy atom. The molecular weight excluding hydrogens is 725 g/mol. The number of nitrogens with one attached hydrogen (secondary N) is 4. The second-order valence-corrected chi connectivity index (χ2v) is 15.3. The average Bonchev–Trinajstić information content (AvgIpc) is 3.89. The van der Waals surface area contributed by atoms with Gasteiger partial charge < -0.3 is 20.6 Å². The number of aromatic nitrogens is 2. The monoisotopic (exact) mass is 768 g/mol. The number of benzene rings is 4. The van der Waals surface area contributed by atoms with Crippen molar-refractivity contribution in [3.05, 3.63) is 153 Å². The Labute approximate surface area is 336 Å². The van der Waals surface area contributed by atoms with Crippen molar-refractivity contribution in [1.29, 1.82) is 0 Å². The summed E-state index contributed by atoms with van der Waals surface area (Å²) in [6.45, 7) is 8.69. The Morgan fingerprint density at radius 2 is 0.912 bits per heavy atom. The number of para-hydroxylation sites is 4. The molecule has 2 amide bonds. The number of nitrogens with zero attached hydrogens (tertiary/aromatic N) is 2. The molecule has 7 aromatic rings. The molecule has 1 aliphatic heterocycles. The Bertz CT molecular complexity index is 2480. The molecule has 8 nitrogen and oxygen atoms in total. The molecular formula is C48H44N6O2S. The highest BCUT2D eigenvalue weighted by Gasteiger charge is 2.29. The Kier molecular flexibility index (Phi) is 10.7. The predicted octanol–water partition coefficient (Wildman–Crippen LogP) is 12.2. The van der Waals surface area contributed by atoms with Crippen LogP contribution in [-0.2, 0) is 12.8 Å². The summed E-state index contributed by atoms with van der Waals surface area (Å²) in [7, 11) is 0. The second kappa shape index (κ2) is 16.3. The van der Waals surface area contributed by atoms with Crippen LogP contribution in [0.1, 0.15) is 79.7 Å². The van der Waals surface area contributed by atoms with Gasteiger partial charge in [0.05, 0.1) is 58.0 Å². The van der Waals surface area contributed by atoms with Gasteiger partial charge >= 0.3 is 0 Å². The van der Waals surface area contributed by atoms with Crippen LogP contribution in [-0.4, -0.2) is 34.2 Å². The summed E-state index contributed by atoms with van der Waals surface area (Å²) in [5.74, 6) is -0.669. The molecule has 8 rings (SSSR count). The van der Waals surface area contributed by atoms with E-state index in [-0.39, 0.29) is 11.8 Å². The number of carbonyl (C=O) groups excluding carboxylic acids is 2. The maximum absolute atomic E-state index is 14.6. The first-order valence-corrected chi connectivity index (χ1v) is 20.3. The molecule has 4 heterocycles. The molecule has 0 fully saturated rings. The highest BCUT2D eigenvalue weighted by atomic mass is 32.1. The smallest absolute Gasteiger partial charge is 0.266 e. The molecule has 284 valence electrons. The molecule has 9 heteroatoms. The molecule has 4 aromatic carbocycles. The maximum atomic E-state index is 14.6. The van der Waals surface area contributed by atoms with Crippen LogP contribution in [0, 0.1) is 13.8 Å². The molecule has 0 spiro atoms. The molecule has 0 saturated carbocycles. The first-order chi connectivity index (χ1) is 27.9. The van der Waals surface area contributed by atoms with Crippen molar-refractivity contribution in [3.63, 3.8) is 0 Å². The number of fused-ring (bicyclic) bond motifs is 9. The van der Waals surface area contributed by atoms with Crippen molar-refractivity contribution in [3.8, 4) is 33.6 Å². The molecule has 4 N–H and O–H groups in total. The quantitative estimate of drug-likeness (QED) is 0.135. The first-order valence-electron chi connectivity index (χ1n) is 19.5. The van der Waals surface area contributed by atoms with E-state index >= 15 is 0 Å². The average molecular weight is 769 g/mol. The molecule has 0 aliphatic carbocycles. The summed E-state index contributed by atoms with van der Waals surface area (Å²) in [5, 5.41) is 6.35. The lowest BCUT2D eigenvalue weighted by molar-refractivity contribution is 0.102. The van der Waals surface area contributed by atoms with Gasteiger partial charge in [-0.25, -0.2) is 0 Å². The largest absolute Gasteiger partial charge is 0.352 e. The van der Waals surface area contributed by atoms with Gasteiger partial charge in [-0.05, 0) is 84.3 Å². The van der Waals surface area contributed by atoms with Gasteiger partial charge in [-0.1, -0.05) is 112 Å². The first kappa shape index (κ1) is 37.3. The number of carbonyl (C=O) groups is 2. The van der Waals surface area contributed by atoms with E-state index in [0.717, 1.165) is 59.6 Å². The topological polar surface area (TPSA) is 114 Å². The lowest BCUT2D eigenvalue weighted by Crippen LogP contribution is -2.12. The van der Waals surface area contributed by atoms with Crippen LogP contribution < -0.4 is 10.6 Å². The van der Waals surface area contributed by atoms with E-state index in [1.807, 2.05) is 122 Å². The fourth-order valence-electron chi connectivity index (χ4n) is 7.70. The zero-order chi connectivity index (χ0) is 39.5. The van der Waals surface area contributed by atoms with Gasteiger partial charge in [0.25, 0.3) is 11.8 Å². The van der Waals surface area contributed by atoms with Gasteiger partial charge in [-0.15, -0.1) is 11.3 Å². The van der Waals surface area contributed by atoms with Crippen LogP contribution in [0.15, 0.2) is 119 Å². The number of thiophene rings is 1. The van der Waals surface area contributed by atoms with Gasteiger partial charge in [0.2, 0.25) is 0 Å². The molecule has 0 atom stereocenters. The predicted molar refractivity (Wildman–Crippen MR) is 237 cm³/mol. The molecule has 0 radical (unpaired) electrons. The van der Waals surface area contributed by atoms with E-state index in [4.69, 9.17) is 9.98 Å². The number of aromatic amines is 2. The molecule has 0 unspecified atom stereocenters. The van der Waals surface area contributed by atoms with Crippen molar-refractivity contribution in [1.82, 2.24) is 9.97 Å². The summed E-state index contributed by atoms with van der Waals surface area (Å²) >= 11 is 1.18. The fraction of sp³-hybridized carbons (Fsp3) is 0.167. The summed E-state index contributed by atoms with van der Waals surface area (Å²) in [6, 6.07) is 34.6. The van der Waals surface area contributed by atoms with Crippen LogP contribution in [0.5, 0.6) is 0 Å². The third kappa shape index (κ3) is 7.30. The summed E-state index contributed by atoms with van der Waals surface area (Å²) in [5.41, 5.74) is 14.0. The fourth-order valence-corrected chi connectivity index (χ4v) is 8.84. The van der Waals surface area contributed by atoms with Crippen LogP contribution >= 0.6 is 11.3 Å². The van der Waals surface area contributed by atoms with Crippen molar-refractivity contribution < 1.29 is 9.59 Å². The number of amides is 2. The van der Waals surface area contributed by atoms with Crippen molar-refractivity contribution >= 4 is 58.3 Å². The minimum absolute atomic E-state index is 0.334. The third-order valence-electron chi connectivity index (χ3n) is 10.5. The lowest BCUT2D eigenvalue weighted by Gasteiger charge is -2.12. The second-order valence-electron chi connectivity index (χ2n) is 14.2. The van der Waals surface area contributed by atoms with E-state index < -0.39 is 0 Å². The van der Waals surface area contributed by atoms with E-state index in [1.54, 1.807) is 0 Å². The summed E-state index contributed by atoms with van der Waals surface area (Å²) < 4.78 is 0. The molecule has 6 bridgehead atoms. The van der Waals surface area contributed by atoms with Crippen molar-refractivity contribution in [2.45, 2.75) is 53.4 Å². The molecule has 57 heavy (non-hydrogen) atoms. The number of rotatable bonds is 6. The van der Waals surface area contributed by atoms with Crippen LogP contribution in [0.25, 0.3) is 33.6 Å². The van der Waals surface area contributed by atoms with Crippen LogP contribution in [0.2, 0.25) is 0 Å². The number of hydrogen-bond donors (Lipinski definition) is 4. The minimum Gasteiger partial charge on any atom is -0.352 e. The van der Waals surface area contributed by atoms with Gasteiger partial charge in [0.1, 0.15) is 9.75 Å². The number of hydrogen-bond acceptors (Lipinski definition) is 5. The van der Waals surface area contributed by atoms with E-state index in [9.17, 15) is 9.59 Å². The summed E-state index contributed by atoms with van der Waals surface area (Å²) in [4.78, 5) is 47.5. The van der Waals surface area contributed by atoms with Crippen molar-refractivity contribution in [2.24, 2.45) is 9.98 Å². The lowest BCUT2D eigenvalue weighted by atomic mass is 9.94. The van der Waals surface area contributed by atoms with Gasteiger partial charge in [-0.2, -0.15) is 0 Å². The normalized spacial score (nSPS) is 12.7. The number of aliphatic imine (C=N–C) groups is 2. The van der Waals surface area contributed by atoms with Gasteiger partial charge in [-0.3, -0.25) is 19.6 Å². The molecule has 1 aliphatic rings. The third-order valence-corrected chi connectivity index (χ3v) is 11.7. The van der Waals surface area contributed by atoms with Crippen LogP contribution in [0.4, 0.5) is 22.7 Å². The van der Waals surface area contributed by atoms with Crippen LogP contribution in [0.3, 0.4) is 0 Å². The zero-order valence-electron chi connectivity index (χ0n) is 32.5. The highest BCUT2D eigenvalue weighted by Crippen LogP contribution is 2.45. The Hall–Kier alpha value is -6.58. The maximum Gasteiger partial charge on any atom is 0.266 e. The Balaban J connectivity index is 1.37.